The molecular weight excluding hydrogens is 480 g/mol. The number of ether oxygens (including phenoxy) is 1. The average molecular weight is 518 g/mol. The summed E-state index contributed by atoms with van der Waals surface area (Å²) in [5.41, 5.74) is 3.25. The van der Waals surface area contributed by atoms with Crippen LogP contribution in [0, 0.1) is 5.41 Å². The van der Waals surface area contributed by atoms with Gasteiger partial charge in [0.05, 0.1) is 18.2 Å². The lowest BCUT2D eigenvalue weighted by atomic mass is 9.78. The predicted molar refractivity (Wildman–Crippen MR) is 140 cm³/mol. The molecular formula is C27H37BrN2O3. The van der Waals surface area contributed by atoms with E-state index in [1.54, 1.807) is 4.90 Å². The van der Waals surface area contributed by atoms with Crippen molar-refractivity contribution in [3.8, 4) is 11.5 Å². The summed E-state index contributed by atoms with van der Waals surface area (Å²) in [6.07, 6.45) is 0.00798. The van der Waals surface area contributed by atoms with Crippen LogP contribution >= 0.6 is 17.0 Å². The second kappa shape index (κ2) is 9.49. The monoisotopic (exact) mass is 516 g/mol. The number of carbonyl (C=O) groups excluding carboxylic acids is 1. The number of carbonyl (C=O) groups is 1. The molecule has 0 fully saturated rings. The van der Waals surface area contributed by atoms with E-state index >= 15 is 0 Å². The number of phenols is 1. The highest BCUT2D eigenvalue weighted by atomic mass is 79.9. The third-order valence-corrected chi connectivity index (χ3v) is 5.77. The lowest BCUT2D eigenvalue weighted by Crippen LogP contribution is -2.31. The molecule has 6 heteroatoms. The maximum absolute atomic E-state index is 13.4. The lowest BCUT2D eigenvalue weighted by Gasteiger charge is -2.28. The fourth-order valence-corrected chi connectivity index (χ4v) is 4.11. The first-order valence-corrected chi connectivity index (χ1v) is 11.2. The number of halogens is 1. The molecule has 33 heavy (non-hydrogen) atoms. The third-order valence-electron chi connectivity index (χ3n) is 5.77. The van der Waals surface area contributed by atoms with Crippen LogP contribution in [0.2, 0.25) is 0 Å². The van der Waals surface area contributed by atoms with Gasteiger partial charge in [-0.2, -0.15) is 0 Å². The van der Waals surface area contributed by atoms with E-state index in [4.69, 9.17) is 10.1 Å². The Hall–Kier alpha value is -2.34. The molecule has 0 aromatic heterocycles. The Labute approximate surface area is 208 Å². The van der Waals surface area contributed by atoms with Crippen LogP contribution in [0.4, 0.5) is 0 Å². The van der Waals surface area contributed by atoms with Gasteiger partial charge >= 0.3 is 0 Å². The van der Waals surface area contributed by atoms with Crippen molar-refractivity contribution >= 4 is 28.6 Å². The van der Waals surface area contributed by atoms with E-state index in [0.717, 1.165) is 22.3 Å². The summed E-state index contributed by atoms with van der Waals surface area (Å²) in [6, 6.07) is 9.42. The number of nitrogens with zero attached hydrogens (tertiary/aromatic N) is 1. The highest BCUT2D eigenvalue weighted by molar-refractivity contribution is 8.93. The Morgan fingerprint density at radius 3 is 2.12 bits per heavy atom. The van der Waals surface area contributed by atoms with Crippen LogP contribution < -0.4 is 4.74 Å². The molecule has 0 bridgehead atoms. The van der Waals surface area contributed by atoms with Gasteiger partial charge in [-0.15, -0.1) is 17.0 Å². The number of ketones is 1. The molecule has 0 aliphatic carbocycles. The normalized spacial score (nSPS) is 13.7. The van der Waals surface area contributed by atoms with Crippen LogP contribution in [0.25, 0.3) is 0 Å². The standard InChI is InChI=1S/C27H36N2O3.BrH/c1-16(2)32-22-11-9-10-17-14-29(25(28)23(17)22)15-21(30)18-12-19(26(3,4)5)24(31)20(13-18)27(6,7)8;/h9-13,16,28,31H,14-15H2,1-8H3;1H. The number of aromatic hydroxyl groups is 1. The number of rotatable bonds is 5. The van der Waals surface area contributed by atoms with Crippen molar-refractivity contribution < 1.29 is 14.6 Å². The molecule has 1 aliphatic heterocycles. The van der Waals surface area contributed by atoms with Gasteiger partial charge in [0, 0.05) is 23.2 Å². The second-order valence-electron chi connectivity index (χ2n) is 11.0. The maximum Gasteiger partial charge on any atom is 0.182 e. The van der Waals surface area contributed by atoms with Crippen molar-refractivity contribution in [2.75, 3.05) is 6.54 Å². The Morgan fingerprint density at radius 1 is 1.09 bits per heavy atom. The van der Waals surface area contributed by atoms with Crippen molar-refractivity contribution in [3.63, 3.8) is 0 Å². The third kappa shape index (κ3) is 5.60. The van der Waals surface area contributed by atoms with Gasteiger partial charge in [0.15, 0.2) is 5.78 Å². The summed E-state index contributed by atoms with van der Waals surface area (Å²) in [5, 5.41) is 19.6. The number of nitrogens with one attached hydrogen (secondary N) is 1. The van der Waals surface area contributed by atoms with Gasteiger partial charge in [0.2, 0.25) is 0 Å². The molecule has 2 N–H and O–H groups in total. The highest BCUT2D eigenvalue weighted by Gasteiger charge is 2.31. The van der Waals surface area contributed by atoms with Crippen molar-refractivity contribution in [1.29, 1.82) is 5.41 Å². The van der Waals surface area contributed by atoms with E-state index in [2.05, 4.69) is 0 Å². The van der Waals surface area contributed by atoms with Gasteiger partial charge in [-0.05, 0) is 48.4 Å². The zero-order chi connectivity index (χ0) is 24.0. The van der Waals surface area contributed by atoms with Crippen molar-refractivity contribution in [2.45, 2.75) is 78.9 Å². The van der Waals surface area contributed by atoms with Crippen LogP contribution in [0.3, 0.4) is 0 Å². The quantitative estimate of drug-likeness (QED) is 0.452. The summed E-state index contributed by atoms with van der Waals surface area (Å²) in [5.74, 6) is 1.20. The van der Waals surface area contributed by atoms with E-state index in [9.17, 15) is 9.90 Å². The second-order valence-corrected chi connectivity index (χ2v) is 11.0. The molecule has 0 spiro atoms. The van der Waals surface area contributed by atoms with Crippen LogP contribution in [-0.4, -0.2) is 34.3 Å². The SMILES string of the molecule is Br.CC(C)Oc1cccc2c1C(=N)N(CC(=O)c1cc(C(C)(C)C)c(O)c(C(C)(C)C)c1)C2. The minimum Gasteiger partial charge on any atom is -0.507 e. The first kappa shape index (κ1) is 26.9. The zero-order valence-corrected chi connectivity index (χ0v) is 22.7. The van der Waals surface area contributed by atoms with Crippen LogP contribution in [0.15, 0.2) is 30.3 Å². The molecule has 5 nitrogen and oxygen atoms in total. The van der Waals surface area contributed by atoms with E-state index in [0.29, 0.717) is 23.7 Å². The average Bonchev–Trinajstić information content (AvgIpc) is 2.96. The number of hydrogen-bond donors (Lipinski definition) is 2. The number of benzene rings is 2. The summed E-state index contributed by atoms with van der Waals surface area (Å²) in [6.45, 7) is 16.7. The first-order valence-electron chi connectivity index (χ1n) is 11.2. The Balaban J connectivity index is 0.00000385. The Morgan fingerprint density at radius 2 is 1.64 bits per heavy atom. The summed E-state index contributed by atoms with van der Waals surface area (Å²) in [4.78, 5) is 15.2. The molecule has 0 atom stereocenters. The highest BCUT2D eigenvalue weighted by Crippen LogP contribution is 2.40. The molecule has 1 aliphatic rings. The van der Waals surface area contributed by atoms with Gasteiger partial charge in [-0.1, -0.05) is 53.7 Å². The van der Waals surface area contributed by atoms with Gasteiger partial charge in [0.25, 0.3) is 0 Å². The molecule has 0 radical (unpaired) electrons. The van der Waals surface area contributed by atoms with Crippen LogP contribution in [0.5, 0.6) is 11.5 Å². The number of phenolic OH excluding ortho intramolecular Hbond substituents is 1. The summed E-state index contributed by atoms with van der Waals surface area (Å²) in [7, 11) is 0. The molecule has 1 heterocycles. The van der Waals surface area contributed by atoms with E-state index < -0.39 is 0 Å². The fraction of sp³-hybridized carbons (Fsp3) is 0.481. The van der Waals surface area contributed by atoms with Crippen LogP contribution in [0.1, 0.15) is 88.0 Å². The lowest BCUT2D eigenvalue weighted by molar-refractivity contribution is 0.0962. The van der Waals surface area contributed by atoms with Crippen LogP contribution in [-0.2, 0) is 17.4 Å². The number of Topliss-reactive ketones (excluding diaryl/α,β-unsaturated/α-hetero) is 1. The zero-order valence-electron chi connectivity index (χ0n) is 21.0. The van der Waals surface area contributed by atoms with Gasteiger partial charge in [-0.3, -0.25) is 10.2 Å². The summed E-state index contributed by atoms with van der Waals surface area (Å²) < 4.78 is 5.90. The van der Waals surface area contributed by atoms with E-state index in [-0.39, 0.29) is 52.0 Å². The van der Waals surface area contributed by atoms with E-state index in [1.165, 1.54) is 0 Å². The van der Waals surface area contributed by atoms with Gasteiger partial charge in [0.1, 0.15) is 17.3 Å². The molecule has 2 aromatic rings. The van der Waals surface area contributed by atoms with Crippen molar-refractivity contribution in [1.82, 2.24) is 4.90 Å². The molecule has 180 valence electrons. The minimum absolute atomic E-state index is 0. The molecule has 3 rings (SSSR count). The predicted octanol–water partition coefficient (Wildman–Crippen LogP) is 6.38. The van der Waals surface area contributed by atoms with Crippen molar-refractivity contribution in [3.05, 3.63) is 58.1 Å². The molecule has 0 saturated heterocycles. The summed E-state index contributed by atoms with van der Waals surface area (Å²) >= 11 is 0. The minimum atomic E-state index is -0.306. The van der Waals surface area contributed by atoms with E-state index in [1.807, 2.05) is 85.7 Å². The topological polar surface area (TPSA) is 73.6 Å². The number of amidine groups is 1. The van der Waals surface area contributed by atoms with Gasteiger partial charge in [-0.25, -0.2) is 0 Å². The number of fused-ring (bicyclic) bond motifs is 1. The Bertz CT molecular complexity index is 1030. The molecule has 0 amide bonds. The molecule has 0 saturated carbocycles. The molecule has 2 aromatic carbocycles. The largest absolute Gasteiger partial charge is 0.507 e. The number of hydrogen-bond acceptors (Lipinski definition) is 4. The Kier molecular flexibility index (Phi) is 7.74. The molecule has 0 unspecified atom stereocenters. The fourth-order valence-electron chi connectivity index (χ4n) is 4.11. The van der Waals surface area contributed by atoms with Gasteiger partial charge < -0.3 is 14.7 Å². The smallest absolute Gasteiger partial charge is 0.182 e. The first-order chi connectivity index (χ1) is 14.7. The van der Waals surface area contributed by atoms with Crippen molar-refractivity contribution in [2.24, 2.45) is 0 Å². The maximum atomic E-state index is 13.4.